The number of fused-ring (bicyclic) bond motifs is 5. The molecule has 0 bridgehead atoms. The van der Waals surface area contributed by atoms with Gasteiger partial charge in [-0.3, -0.25) is 0 Å². The van der Waals surface area contributed by atoms with Gasteiger partial charge in [0.05, 0.1) is 0 Å². The standard InChI is InChI=1S/C35H23BO2/c1-22-10-9-13-25-24(23-11-3-2-4-12-23)18-19-26(33(22)25)27-20-21-32-34-35(27)38-31-17-8-6-15-29(31)36(34)28-14-5-7-16-30(28)37-32/h2-21H,1H3. The van der Waals surface area contributed by atoms with Crippen LogP contribution in [0.4, 0.5) is 0 Å². The first-order valence-corrected chi connectivity index (χ1v) is 13.1. The molecular formula is C35H23BO2. The third-order valence-electron chi connectivity index (χ3n) is 7.96. The molecule has 178 valence electrons. The fourth-order valence-corrected chi connectivity index (χ4v) is 6.28. The summed E-state index contributed by atoms with van der Waals surface area (Å²) in [6, 6.07) is 42.7. The topological polar surface area (TPSA) is 18.5 Å². The molecule has 0 atom stereocenters. The summed E-state index contributed by atoms with van der Waals surface area (Å²) < 4.78 is 13.2. The normalized spacial score (nSPS) is 12.7. The van der Waals surface area contributed by atoms with Crippen molar-refractivity contribution in [2.75, 3.05) is 0 Å². The van der Waals surface area contributed by atoms with E-state index in [1.165, 1.54) is 44.0 Å². The van der Waals surface area contributed by atoms with Crippen molar-refractivity contribution >= 4 is 33.9 Å². The second kappa shape index (κ2) is 8.12. The molecule has 0 radical (unpaired) electrons. The van der Waals surface area contributed by atoms with E-state index in [4.69, 9.17) is 9.47 Å². The molecule has 0 aliphatic carbocycles. The molecule has 6 aromatic carbocycles. The predicted octanol–water partition coefficient (Wildman–Crippen LogP) is 7.21. The first-order valence-electron chi connectivity index (χ1n) is 13.1. The molecule has 2 aliphatic heterocycles. The lowest BCUT2D eigenvalue weighted by Crippen LogP contribution is -2.57. The SMILES string of the molecule is Cc1cccc2c(-c3ccccc3)ccc(-c3ccc4c5c3Oc3ccccc3B5c3ccccc3O4)c12. The van der Waals surface area contributed by atoms with E-state index in [1.807, 2.05) is 12.1 Å². The highest BCUT2D eigenvalue weighted by atomic mass is 16.5. The van der Waals surface area contributed by atoms with Crippen LogP contribution in [-0.4, -0.2) is 6.71 Å². The van der Waals surface area contributed by atoms with Gasteiger partial charge in [-0.05, 0) is 75.1 Å². The van der Waals surface area contributed by atoms with E-state index in [9.17, 15) is 0 Å². The van der Waals surface area contributed by atoms with E-state index in [-0.39, 0.29) is 6.71 Å². The molecule has 0 aromatic heterocycles. The van der Waals surface area contributed by atoms with Crippen LogP contribution >= 0.6 is 0 Å². The molecule has 0 saturated heterocycles. The quantitative estimate of drug-likeness (QED) is 0.241. The molecule has 6 aromatic rings. The number of benzene rings is 6. The van der Waals surface area contributed by atoms with Crippen LogP contribution in [0.5, 0.6) is 23.0 Å². The van der Waals surface area contributed by atoms with Crippen molar-refractivity contribution in [1.29, 1.82) is 0 Å². The third-order valence-corrected chi connectivity index (χ3v) is 7.96. The maximum absolute atomic E-state index is 6.75. The predicted molar refractivity (Wildman–Crippen MR) is 157 cm³/mol. The van der Waals surface area contributed by atoms with Crippen LogP contribution in [0.1, 0.15) is 5.56 Å². The van der Waals surface area contributed by atoms with Gasteiger partial charge >= 0.3 is 0 Å². The molecule has 0 fully saturated rings. The van der Waals surface area contributed by atoms with Gasteiger partial charge in [0, 0.05) is 11.0 Å². The molecular weight excluding hydrogens is 463 g/mol. The van der Waals surface area contributed by atoms with Crippen LogP contribution in [0.2, 0.25) is 0 Å². The van der Waals surface area contributed by atoms with E-state index in [1.54, 1.807) is 0 Å². The summed E-state index contributed by atoms with van der Waals surface area (Å²) in [7, 11) is 0. The number of rotatable bonds is 2. The lowest BCUT2D eigenvalue weighted by molar-refractivity contribution is 0.465. The minimum atomic E-state index is 0.0609. The highest BCUT2D eigenvalue weighted by molar-refractivity contribution is 6.98. The monoisotopic (exact) mass is 486 g/mol. The molecule has 0 spiro atoms. The van der Waals surface area contributed by atoms with Gasteiger partial charge in [-0.15, -0.1) is 0 Å². The fraction of sp³-hybridized carbons (Fsp3) is 0.0286. The molecule has 0 unspecified atom stereocenters. The van der Waals surface area contributed by atoms with Gasteiger partial charge < -0.3 is 9.47 Å². The highest BCUT2D eigenvalue weighted by Gasteiger charge is 2.41. The van der Waals surface area contributed by atoms with Crippen molar-refractivity contribution in [2.45, 2.75) is 6.92 Å². The number of aryl methyl sites for hydroxylation is 1. The maximum Gasteiger partial charge on any atom is 0.260 e. The lowest BCUT2D eigenvalue weighted by Gasteiger charge is -2.34. The van der Waals surface area contributed by atoms with Crippen LogP contribution in [0.25, 0.3) is 33.0 Å². The van der Waals surface area contributed by atoms with Gasteiger partial charge in [-0.25, -0.2) is 0 Å². The van der Waals surface area contributed by atoms with Crippen LogP contribution in [0, 0.1) is 6.92 Å². The van der Waals surface area contributed by atoms with E-state index >= 15 is 0 Å². The van der Waals surface area contributed by atoms with Gasteiger partial charge in [0.1, 0.15) is 23.0 Å². The zero-order valence-electron chi connectivity index (χ0n) is 20.9. The Kier molecular flexibility index (Phi) is 4.56. The fourth-order valence-electron chi connectivity index (χ4n) is 6.28. The van der Waals surface area contributed by atoms with Gasteiger partial charge in [0.2, 0.25) is 0 Å². The smallest absolute Gasteiger partial charge is 0.260 e. The van der Waals surface area contributed by atoms with Crippen molar-refractivity contribution in [3.63, 3.8) is 0 Å². The number of hydrogen-bond donors (Lipinski definition) is 0. The summed E-state index contributed by atoms with van der Waals surface area (Å²) >= 11 is 0. The first kappa shape index (κ1) is 21.3. The average molecular weight is 486 g/mol. The minimum Gasteiger partial charge on any atom is -0.458 e. The molecule has 8 rings (SSSR count). The van der Waals surface area contributed by atoms with Crippen molar-refractivity contribution in [3.8, 4) is 45.3 Å². The molecule has 2 heterocycles. The third kappa shape index (κ3) is 3.02. The van der Waals surface area contributed by atoms with Gasteiger partial charge in [-0.2, -0.15) is 0 Å². The van der Waals surface area contributed by atoms with E-state index < -0.39 is 0 Å². The van der Waals surface area contributed by atoms with Gasteiger partial charge in [-0.1, -0.05) is 97.1 Å². The summed E-state index contributed by atoms with van der Waals surface area (Å²) in [5.74, 6) is 3.57. The first-order chi connectivity index (χ1) is 18.8. The summed E-state index contributed by atoms with van der Waals surface area (Å²) in [5.41, 5.74) is 9.42. The van der Waals surface area contributed by atoms with E-state index in [0.29, 0.717) is 0 Å². The summed E-state index contributed by atoms with van der Waals surface area (Å²) in [5, 5.41) is 2.49. The Hall–Kier alpha value is -4.76. The van der Waals surface area contributed by atoms with Crippen molar-refractivity contribution < 1.29 is 9.47 Å². The number of hydrogen-bond acceptors (Lipinski definition) is 2. The van der Waals surface area contributed by atoms with Crippen LogP contribution in [0.15, 0.2) is 121 Å². The summed E-state index contributed by atoms with van der Waals surface area (Å²) in [6.45, 7) is 2.26. The molecule has 0 N–H and O–H groups in total. The van der Waals surface area contributed by atoms with E-state index in [2.05, 4.69) is 116 Å². The Bertz CT molecular complexity index is 1880. The Balaban J connectivity index is 1.42. The van der Waals surface area contributed by atoms with Crippen LogP contribution < -0.4 is 25.9 Å². The summed E-state index contributed by atoms with van der Waals surface area (Å²) in [6.07, 6.45) is 0. The molecule has 38 heavy (non-hydrogen) atoms. The second-order valence-electron chi connectivity index (χ2n) is 10.1. The van der Waals surface area contributed by atoms with Crippen LogP contribution in [-0.2, 0) is 0 Å². The zero-order chi connectivity index (χ0) is 25.2. The Morgan fingerprint density at radius 1 is 0.500 bits per heavy atom. The Labute approximate surface area is 222 Å². The molecule has 3 heteroatoms. The molecule has 2 nitrogen and oxygen atoms in total. The minimum absolute atomic E-state index is 0.0609. The van der Waals surface area contributed by atoms with Crippen molar-refractivity contribution in [3.05, 3.63) is 127 Å². The number of para-hydroxylation sites is 2. The van der Waals surface area contributed by atoms with E-state index in [0.717, 1.165) is 34.0 Å². The average Bonchev–Trinajstić information content (AvgIpc) is 2.97. The lowest BCUT2D eigenvalue weighted by atomic mass is 9.34. The van der Waals surface area contributed by atoms with Gasteiger partial charge in [0.15, 0.2) is 0 Å². The highest BCUT2D eigenvalue weighted by Crippen LogP contribution is 2.44. The molecule has 0 saturated carbocycles. The Morgan fingerprint density at radius 2 is 1.16 bits per heavy atom. The number of ether oxygens (including phenoxy) is 2. The Morgan fingerprint density at radius 3 is 1.95 bits per heavy atom. The van der Waals surface area contributed by atoms with Crippen molar-refractivity contribution in [2.24, 2.45) is 0 Å². The molecule has 0 amide bonds. The maximum atomic E-state index is 6.75. The zero-order valence-corrected chi connectivity index (χ0v) is 20.9. The second-order valence-corrected chi connectivity index (χ2v) is 10.1. The summed E-state index contributed by atoms with van der Waals surface area (Å²) in [4.78, 5) is 0. The van der Waals surface area contributed by atoms with Crippen molar-refractivity contribution in [1.82, 2.24) is 0 Å². The molecule has 2 aliphatic rings. The van der Waals surface area contributed by atoms with Gasteiger partial charge in [0.25, 0.3) is 6.71 Å². The van der Waals surface area contributed by atoms with Crippen LogP contribution in [0.3, 0.4) is 0 Å². The largest absolute Gasteiger partial charge is 0.458 e.